The Labute approximate surface area is 159 Å². The van der Waals surface area contributed by atoms with Crippen LogP contribution in [0.5, 0.6) is 11.5 Å². The second-order valence-electron chi connectivity index (χ2n) is 5.80. The fourth-order valence-electron chi connectivity index (χ4n) is 2.53. The highest BCUT2D eigenvalue weighted by Gasteiger charge is 2.40. The lowest BCUT2D eigenvalue weighted by atomic mass is 10.1. The molecule has 0 bridgehead atoms. The van der Waals surface area contributed by atoms with Gasteiger partial charge in [-0.05, 0) is 12.1 Å². The molecule has 13 heteroatoms. The Morgan fingerprint density at radius 1 is 1.21 bits per heavy atom. The van der Waals surface area contributed by atoms with E-state index in [0.717, 1.165) is 31.3 Å². The van der Waals surface area contributed by atoms with Crippen LogP contribution >= 0.6 is 0 Å². The van der Waals surface area contributed by atoms with Crippen LogP contribution < -0.4 is 4.73 Å². The molecule has 150 valence electrons. The van der Waals surface area contributed by atoms with Gasteiger partial charge in [-0.15, -0.1) is 5.10 Å². The topological polar surface area (TPSA) is 149 Å². The molecule has 3 aromatic rings. The number of hydrogen-bond donors (Lipinski definition) is 2. The monoisotopic (exact) mass is 409 g/mol. The van der Waals surface area contributed by atoms with Crippen molar-refractivity contribution >= 4 is 5.69 Å². The summed E-state index contributed by atoms with van der Waals surface area (Å²) in [5.41, 5.74) is -2.63. The number of hydrogen-bond acceptors (Lipinski definition) is 8. The smallest absolute Gasteiger partial charge is 0.478 e. The molecule has 0 fully saturated rings. The molecule has 2 aromatic heterocycles. The molecule has 0 spiro atoms. The number of pyridine rings is 1. The first-order chi connectivity index (χ1) is 13.5. The Bertz CT molecular complexity index is 1140. The zero-order valence-electron chi connectivity index (χ0n) is 14.4. The summed E-state index contributed by atoms with van der Waals surface area (Å²) in [7, 11) is 0. The Balaban J connectivity index is 2.13. The predicted octanol–water partition coefficient (Wildman–Crippen LogP) is 2.49. The molecule has 3 rings (SSSR count). The van der Waals surface area contributed by atoms with Crippen molar-refractivity contribution in [1.29, 1.82) is 0 Å². The van der Waals surface area contributed by atoms with Gasteiger partial charge >= 0.3 is 11.9 Å². The molecule has 0 aliphatic carbocycles. The molecule has 0 saturated heterocycles. The first-order valence-electron chi connectivity index (χ1n) is 7.72. The third-order valence-corrected chi connectivity index (χ3v) is 3.97. The number of phenolic OH excluding ortho intramolecular Hbond substituents is 2. The van der Waals surface area contributed by atoms with Crippen molar-refractivity contribution in [2.24, 2.45) is 0 Å². The van der Waals surface area contributed by atoms with E-state index in [1.54, 1.807) is 0 Å². The predicted molar refractivity (Wildman–Crippen MR) is 89.4 cm³/mol. The highest BCUT2D eigenvalue weighted by Crippen LogP contribution is 2.39. The second-order valence-corrected chi connectivity index (χ2v) is 5.80. The van der Waals surface area contributed by atoms with Crippen LogP contribution in [0.25, 0.3) is 22.6 Å². The van der Waals surface area contributed by atoms with E-state index >= 15 is 0 Å². The first-order valence-corrected chi connectivity index (χ1v) is 7.72. The van der Waals surface area contributed by atoms with E-state index in [0.29, 0.717) is 6.07 Å². The van der Waals surface area contributed by atoms with E-state index in [-0.39, 0.29) is 33.1 Å². The lowest BCUT2D eigenvalue weighted by Crippen LogP contribution is -2.40. The van der Waals surface area contributed by atoms with E-state index in [9.17, 15) is 38.7 Å². The normalized spacial score (nSPS) is 11.4. The molecule has 0 aliphatic heterocycles. The Morgan fingerprint density at radius 3 is 2.52 bits per heavy atom. The fraction of sp³-hybridized carbons (Fsp3) is 0.125. The lowest BCUT2D eigenvalue weighted by Gasteiger charge is -2.12. The summed E-state index contributed by atoms with van der Waals surface area (Å²) in [6, 6.07) is 3.49. The van der Waals surface area contributed by atoms with Crippen LogP contribution in [0.2, 0.25) is 0 Å². The van der Waals surface area contributed by atoms with Gasteiger partial charge in [0.1, 0.15) is 0 Å². The van der Waals surface area contributed by atoms with Crippen LogP contribution in [-0.2, 0) is 6.18 Å². The van der Waals surface area contributed by atoms with Crippen LogP contribution in [0.1, 0.15) is 11.4 Å². The molecule has 10 nitrogen and oxygen atoms in total. The van der Waals surface area contributed by atoms with Crippen LogP contribution in [0.4, 0.5) is 18.9 Å². The molecule has 2 heterocycles. The quantitative estimate of drug-likeness (QED) is 0.220. The summed E-state index contributed by atoms with van der Waals surface area (Å²) < 4.78 is 38.3. The van der Waals surface area contributed by atoms with Gasteiger partial charge in [-0.3, -0.25) is 10.1 Å². The van der Waals surface area contributed by atoms with Gasteiger partial charge in [-0.1, -0.05) is 0 Å². The SMILES string of the molecule is Cc1c(-c2nncc(-c3cc(O)c(O)c([N+](=O)[O-])c3)n2)ccc(C(F)(F)F)[n+]1[O-]. The molecule has 0 aliphatic rings. The molecule has 1 aromatic carbocycles. The Kier molecular flexibility index (Phi) is 4.66. The maximum atomic E-state index is 12.9. The van der Waals surface area contributed by atoms with Crippen LogP contribution in [0.15, 0.2) is 30.5 Å². The Hall–Kier alpha value is -4.03. The van der Waals surface area contributed by atoms with Crippen molar-refractivity contribution in [3.05, 3.63) is 57.2 Å². The minimum Gasteiger partial charge on any atom is -0.618 e. The van der Waals surface area contributed by atoms with Crippen molar-refractivity contribution in [1.82, 2.24) is 15.2 Å². The lowest BCUT2D eigenvalue weighted by molar-refractivity contribution is -0.635. The number of benzene rings is 1. The minimum absolute atomic E-state index is 0.0114. The number of alkyl halides is 3. The number of rotatable bonds is 3. The number of nitrogens with zero attached hydrogens (tertiary/aromatic N) is 5. The molecule has 0 saturated carbocycles. The summed E-state index contributed by atoms with van der Waals surface area (Å²) in [4.78, 5) is 14.1. The number of nitro benzene ring substituents is 1. The first kappa shape index (κ1) is 19.7. The van der Waals surface area contributed by atoms with Crippen molar-refractivity contribution < 1.29 is 33.0 Å². The average Bonchev–Trinajstić information content (AvgIpc) is 2.64. The maximum Gasteiger partial charge on any atom is 0.478 e. The number of phenols is 2. The molecular formula is C16H10F3N5O5. The zero-order valence-corrected chi connectivity index (χ0v) is 14.4. The molecule has 29 heavy (non-hydrogen) atoms. The van der Waals surface area contributed by atoms with E-state index in [1.165, 1.54) is 0 Å². The van der Waals surface area contributed by atoms with Gasteiger partial charge in [0.25, 0.3) is 5.69 Å². The molecular weight excluding hydrogens is 399 g/mol. The van der Waals surface area contributed by atoms with Gasteiger partial charge in [0.2, 0.25) is 11.4 Å². The highest BCUT2D eigenvalue weighted by atomic mass is 19.4. The van der Waals surface area contributed by atoms with Crippen molar-refractivity contribution in [3.63, 3.8) is 0 Å². The molecule has 0 unspecified atom stereocenters. The highest BCUT2D eigenvalue weighted by molar-refractivity contribution is 5.71. The number of aromatic nitrogens is 4. The van der Waals surface area contributed by atoms with Gasteiger partial charge in [0.15, 0.2) is 11.6 Å². The van der Waals surface area contributed by atoms with Gasteiger partial charge in [0, 0.05) is 24.6 Å². The molecule has 0 atom stereocenters. The minimum atomic E-state index is -4.85. The summed E-state index contributed by atoms with van der Waals surface area (Å²) in [5, 5.41) is 49.5. The number of halogens is 3. The van der Waals surface area contributed by atoms with E-state index in [1.807, 2.05) is 0 Å². The standard InChI is InChI=1S/C16H10F3N5O5/c1-7-9(2-3-13(23(7)27)16(17,18)19)15-21-10(6-20-22-15)8-4-11(24(28)29)14(26)12(25)5-8/h2-6,25-26H,1H3. The summed E-state index contributed by atoms with van der Waals surface area (Å²) in [6.07, 6.45) is -3.77. The van der Waals surface area contributed by atoms with E-state index < -0.39 is 34.0 Å². The summed E-state index contributed by atoms with van der Waals surface area (Å²) >= 11 is 0. The van der Waals surface area contributed by atoms with Gasteiger partial charge in [-0.2, -0.15) is 23.0 Å². The van der Waals surface area contributed by atoms with Crippen LogP contribution in [-0.4, -0.2) is 30.3 Å². The second kappa shape index (κ2) is 6.85. The van der Waals surface area contributed by atoms with Gasteiger partial charge in [-0.25, -0.2) is 4.98 Å². The largest absolute Gasteiger partial charge is 0.618 e. The zero-order chi connectivity index (χ0) is 21.5. The van der Waals surface area contributed by atoms with Crippen molar-refractivity contribution in [3.8, 4) is 34.1 Å². The maximum absolute atomic E-state index is 12.9. The molecule has 0 amide bonds. The molecule has 0 radical (unpaired) electrons. The molecule has 2 N–H and O–H groups in total. The van der Waals surface area contributed by atoms with Gasteiger partial charge in [0.05, 0.1) is 22.4 Å². The number of nitro groups is 1. The summed E-state index contributed by atoms with van der Waals surface area (Å²) in [6.45, 7) is 1.14. The third-order valence-electron chi connectivity index (χ3n) is 3.97. The number of aromatic hydroxyl groups is 2. The van der Waals surface area contributed by atoms with E-state index in [4.69, 9.17) is 0 Å². The van der Waals surface area contributed by atoms with Crippen LogP contribution in [0, 0.1) is 22.2 Å². The summed E-state index contributed by atoms with van der Waals surface area (Å²) in [5.74, 6) is -1.93. The van der Waals surface area contributed by atoms with E-state index in [2.05, 4.69) is 15.2 Å². The average molecular weight is 409 g/mol. The van der Waals surface area contributed by atoms with Crippen molar-refractivity contribution in [2.75, 3.05) is 0 Å². The van der Waals surface area contributed by atoms with Crippen LogP contribution in [0.3, 0.4) is 0 Å². The van der Waals surface area contributed by atoms with Crippen molar-refractivity contribution in [2.45, 2.75) is 13.1 Å². The third kappa shape index (κ3) is 3.56. The van der Waals surface area contributed by atoms with Gasteiger partial charge < -0.3 is 15.4 Å². The Morgan fingerprint density at radius 2 is 1.90 bits per heavy atom. The fourth-order valence-corrected chi connectivity index (χ4v) is 2.53.